The SMILES string of the molecule is CCCCOCCN1Cc2cc(C(=O)NO)cc(F)c2CC1CC. The van der Waals surface area contributed by atoms with Crippen molar-refractivity contribution in [2.24, 2.45) is 0 Å². The van der Waals surface area contributed by atoms with Gasteiger partial charge in [0.05, 0.1) is 6.61 Å². The molecule has 1 unspecified atom stereocenters. The van der Waals surface area contributed by atoms with Gasteiger partial charge in [-0.25, -0.2) is 9.87 Å². The molecule has 0 aliphatic carbocycles. The van der Waals surface area contributed by atoms with Gasteiger partial charge in [-0.3, -0.25) is 14.9 Å². The lowest BCUT2D eigenvalue weighted by Crippen LogP contribution is -2.42. The number of benzene rings is 1. The minimum absolute atomic E-state index is 0.142. The summed E-state index contributed by atoms with van der Waals surface area (Å²) in [6.45, 7) is 7.05. The average Bonchev–Trinajstić information content (AvgIpc) is 2.60. The number of hydroxylamine groups is 1. The second kappa shape index (κ2) is 9.11. The number of nitrogens with zero attached hydrogens (tertiary/aromatic N) is 1. The number of carbonyl (C=O) groups is 1. The molecule has 1 aromatic carbocycles. The second-order valence-electron chi connectivity index (χ2n) is 6.24. The quantitative estimate of drug-likeness (QED) is 0.435. The molecule has 0 radical (unpaired) electrons. The Kier molecular flexibility index (Phi) is 7.15. The van der Waals surface area contributed by atoms with Gasteiger partial charge in [-0.1, -0.05) is 20.3 Å². The molecule has 0 bridgehead atoms. The van der Waals surface area contributed by atoms with E-state index < -0.39 is 5.91 Å². The van der Waals surface area contributed by atoms with Crippen LogP contribution in [0.3, 0.4) is 0 Å². The van der Waals surface area contributed by atoms with E-state index in [1.165, 1.54) is 6.07 Å². The highest BCUT2D eigenvalue weighted by Gasteiger charge is 2.27. The lowest BCUT2D eigenvalue weighted by Gasteiger charge is -2.36. The minimum Gasteiger partial charge on any atom is -0.380 e. The molecule has 0 fully saturated rings. The van der Waals surface area contributed by atoms with Crippen molar-refractivity contribution < 1.29 is 19.1 Å². The van der Waals surface area contributed by atoms with Gasteiger partial charge >= 0.3 is 0 Å². The number of nitrogens with one attached hydrogen (secondary N) is 1. The summed E-state index contributed by atoms with van der Waals surface area (Å²) in [5.41, 5.74) is 3.19. The summed E-state index contributed by atoms with van der Waals surface area (Å²) in [4.78, 5) is 13.9. The zero-order chi connectivity index (χ0) is 17.5. The monoisotopic (exact) mass is 338 g/mol. The molecule has 5 nitrogen and oxygen atoms in total. The van der Waals surface area contributed by atoms with Crippen molar-refractivity contribution in [1.29, 1.82) is 0 Å². The summed E-state index contributed by atoms with van der Waals surface area (Å²) < 4.78 is 20.0. The first kappa shape index (κ1) is 18.8. The lowest BCUT2D eigenvalue weighted by atomic mass is 9.90. The zero-order valence-electron chi connectivity index (χ0n) is 14.5. The number of fused-ring (bicyclic) bond motifs is 1. The van der Waals surface area contributed by atoms with Crippen LogP contribution >= 0.6 is 0 Å². The first-order chi connectivity index (χ1) is 11.6. The van der Waals surface area contributed by atoms with Gasteiger partial charge in [-0.05, 0) is 42.5 Å². The normalized spacial score (nSPS) is 17.6. The Labute approximate surface area is 142 Å². The molecular weight excluding hydrogens is 311 g/mol. The van der Waals surface area contributed by atoms with Crippen molar-refractivity contribution in [3.8, 4) is 0 Å². The smallest absolute Gasteiger partial charge is 0.274 e. The van der Waals surface area contributed by atoms with Gasteiger partial charge in [-0.2, -0.15) is 0 Å². The minimum atomic E-state index is -0.691. The van der Waals surface area contributed by atoms with Crippen molar-refractivity contribution in [2.45, 2.75) is 52.1 Å². The van der Waals surface area contributed by atoms with E-state index >= 15 is 0 Å². The molecule has 0 saturated carbocycles. The molecule has 1 atom stereocenters. The van der Waals surface area contributed by atoms with Gasteiger partial charge in [0.2, 0.25) is 0 Å². The van der Waals surface area contributed by atoms with Gasteiger partial charge in [0.1, 0.15) is 5.82 Å². The van der Waals surface area contributed by atoms with Crippen LogP contribution in [-0.2, 0) is 17.7 Å². The Morgan fingerprint density at radius 2 is 2.21 bits per heavy atom. The molecule has 1 aliphatic heterocycles. The molecule has 0 spiro atoms. The third-order valence-corrected chi connectivity index (χ3v) is 4.62. The van der Waals surface area contributed by atoms with Crippen molar-refractivity contribution >= 4 is 5.91 Å². The van der Waals surface area contributed by atoms with E-state index in [4.69, 9.17) is 9.94 Å². The molecule has 1 aromatic rings. The molecule has 1 amide bonds. The third-order valence-electron chi connectivity index (χ3n) is 4.62. The van der Waals surface area contributed by atoms with Crippen molar-refractivity contribution in [2.75, 3.05) is 19.8 Å². The molecule has 6 heteroatoms. The topological polar surface area (TPSA) is 61.8 Å². The summed E-state index contributed by atoms with van der Waals surface area (Å²) in [5, 5.41) is 8.75. The largest absolute Gasteiger partial charge is 0.380 e. The summed E-state index contributed by atoms with van der Waals surface area (Å²) >= 11 is 0. The maximum Gasteiger partial charge on any atom is 0.274 e. The number of hydrogen-bond donors (Lipinski definition) is 2. The van der Waals surface area contributed by atoms with Crippen molar-refractivity contribution in [3.05, 3.63) is 34.6 Å². The van der Waals surface area contributed by atoms with E-state index in [1.807, 2.05) is 0 Å². The van der Waals surface area contributed by atoms with E-state index in [0.29, 0.717) is 25.1 Å². The Balaban J connectivity index is 2.09. The van der Waals surface area contributed by atoms with Gasteiger partial charge in [0.15, 0.2) is 0 Å². The Bertz CT molecular complexity index is 565. The summed E-state index contributed by atoms with van der Waals surface area (Å²) in [6, 6.07) is 3.14. The fourth-order valence-electron chi connectivity index (χ4n) is 3.17. The Hall–Kier alpha value is -1.50. The summed E-state index contributed by atoms with van der Waals surface area (Å²) in [7, 11) is 0. The number of ether oxygens (including phenoxy) is 1. The third kappa shape index (κ3) is 4.53. The summed E-state index contributed by atoms with van der Waals surface area (Å²) in [5.74, 6) is -1.06. The fraction of sp³-hybridized carbons (Fsp3) is 0.611. The maximum absolute atomic E-state index is 14.4. The molecule has 134 valence electrons. The number of rotatable bonds is 8. The average molecular weight is 338 g/mol. The van der Waals surface area contributed by atoms with Crippen LogP contribution < -0.4 is 5.48 Å². The maximum atomic E-state index is 14.4. The Morgan fingerprint density at radius 1 is 1.42 bits per heavy atom. The van der Waals surface area contributed by atoms with Crippen molar-refractivity contribution in [1.82, 2.24) is 10.4 Å². The number of hydrogen-bond acceptors (Lipinski definition) is 4. The first-order valence-corrected chi connectivity index (χ1v) is 8.68. The number of halogens is 1. The predicted octanol–water partition coefficient (Wildman–Crippen LogP) is 2.90. The van der Waals surface area contributed by atoms with E-state index in [-0.39, 0.29) is 17.4 Å². The molecule has 0 aromatic heterocycles. The van der Waals surface area contributed by atoms with Crippen molar-refractivity contribution in [3.63, 3.8) is 0 Å². The van der Waals surface area contributed by atoms with E-state index in [2.05, 4.69) is 18.7 Å². The van der Waals surface area contributed by atoms with Gasteiger partial charge in [0, 0.05) is 31.3 Å². The van der Waals surface area contributed by atoms with Gasteiger partial charge in [0.25, 0.3) is 5.91 Å². The van der Waals surface area contributed by atoms with Crippen LogP contribution in [0.25, 0.3) is 0 Å². The molecule has 1 heterocycles. The molecule has 2 N–H and O–H groups in total. The number of carbonyl (C=O) groups excluding carboxylic acids is 1. The number of unbranched alkanes of at least 4 members (excludes halogenated alkanes) is 1. The highest BCUT2D eigenvalue weighted by atomic mass is 19.1. The molecule has 24 heavy (non-hydrogen) atoms. The standard InChI is InChI=1S/C18H27FN2O3/c1-3-5-7-24-8-6-21-12-14-9-13(18(22)20-23)10-17(19)16(14)11-15(21)4-2/h9-10,15,23H,3-8,11-12H2,1-2H3,(H,20,22). The van der Waals surface area contributed by atoms with Crippen LogP contribution in [0.4, 0.5) is 4.39 Å². The summed E-state index contributed by atoms with van der Waals surface area (Å²) in [6.07, 6.45) is 3.74. The number of amides is 1. The predicted molar refractivity (Wildman–Crippen MR) is 89.6 cm³/mol. The lowest BCUT2D eigenvalue weighted by molar-refractivity contribution is 0.0701. The van der Waals surface area contributed by atoms with Crippen LogP contribution in [0, 0.1) is 5.82 Å². The van der Waals surface area contributed by atoms with Crippen LogP contribution in [0.1, 0.15) is 54.6 Å². The molecule has 1 aliphatic rings. The molecule has 2 rings (SSSR count). The first-order valence-electron chi connectivity index (χ1n) is 8.68. The van der Waals surface area contributed by atoms with E-state index in [9.17, 15) is 9.18 Å². The van der Waals surface area contributed by atoms with Crippen LogP contribution in [-0.4, -0.2) is 41.8 Å². The molecular formula is C18H27FN2O3. The molecule has 0 saturated heterocycles. The highest BCUT2D eigenvalue weighted by Crippen LogP contribution is 2.28. The second-order valence-corrected chi connectivity index (χ2v) is 6.24. The van der Waals surface area contributed by atoms with E-state index in [0.717, 1.165) is 38.0 Å². The zero-order valence-corrected chi connectivity index (χ0v) is 14.5. The fourth-order valence-corrected chi connectivity index (χ4v) is 3.17. The van der Waals surface area contributed by atoms with Gasteiger partial charge in [-0.15, -0.1) is 0 Å². The van der Waals surface area contributed by atoms with Crippen LogP contribution in [0.2, 0.25) is 0 Å². The van der Waals surface area contributed by atoms with Crippen LogP contribution in [0.15, 0.2) is 12.1 Å². The highest BCUT2D eigenvalue weighted by molar-refractivity contribution is 5.93. The van der Waals surface area contributed by atoms with E-state index in [1.54, 1.807) is 11.5 Å². The Morgan fingerprint density at radius 3 is 2.88 bits per heavy atom. The van der Waals surface area contributed by atoms with Gasteiger partial charge < -0.3 is 4.74 Å². The van der Waals surface area contributed by atoms with Crippen LogP contribution in [0.5, 0.6) is 0 Å².